The second-order valence-corrected chi connectivity index (χ2v) is 7.84. The first-order chi connectivity index (χ1) is 9.22. The van der Waals surface area contributed by atoms with Crippen molar-refractivity contribution in [3.05, 3.63) is 27.1 Å². The van der Waals surface area contributed by atoms with E-state index in [1.165, 1.54) is 6.07 Å². The highest BCUT2D eigenvalue weighted by atomic mass is 79.9. The fraction of sp³-hybridized carbons (Fsp3) is 0.417. The van der Waals surface area contributed by atoms with Gasteiger partial charge in [-0.15, -0.1) is 0 Å². The van der Waals surface area contributed by atoms with Gasteiger partial charge >= 0.3 is 5.97 Å². The highest BCUT2D eigenvalue weighted by molar-refractivity contribution is 9.11. The molecular formula is C12H15Br2NO4S. The normalized spacial score (nSPS) is 13.2. The third kappa shape index (κ3) is 5.51. The molecule has 1 atom stereocenters. The van der Waals surface area contributed by atoms with Crippen LogP contribution in [0.1, 0.15) is 26.2 Å². The molecule has 0 saturated heterocycles. The molecule has 0 radical (unpaired) electrons. The Bertz CT molecular complexity index is 589. The summed E-state index contributed by atoms with van der Waals surface area (Å²) in [5.74, 6) is -0.879. The van der Waals surface area contributed by atoms with Crippen LogP contribution in [0.15, 0.2) is 32.0 Å². The maximum absolute atomic E-state index is 12.2. The number of carbonyl (C=O) groups is 1. The highest BCUT2D eigenvalue weighted by Crippen LogP contribution is 2.25. The maximum Gasteiger partial charge on any atom is 0.303 e. The lowest BCUT2D eigenvalue weighted by atomic mass is 10.1. The van der Waals surface area contributed by atoms with E-state index in [2.05, 4.69) is 36.6 Å². The van der Waals surface area contributed by atoms with Crippen LogP contribution in [-0.4, -0.2) is 25.5 Å². The second-order valence-electron chi connectivity index (χ2n) is 4.38. The van der Waals surface area contributed by atoms with Gasteiger partial charge in [-0.3, -0.25) is 4.79 Å². The summed E-state index contributed by atoms with van der Waals surface area (Å²) >= 11 is 6.48. The summed E-state index contributed by atoms with van der Waals surface area (Å²) < 4.78 is 28.2. The molecule has 0 aliphatic rings. The second kappa shape index (κ2) is 7.53. The Morgan fingerprint density at radius 2 is 2.05 bits per heavy atom. The molecular weight excluding hydrogens is 414 g/mol. The Morgan fingerprint density at radius 3 is 2.60 bits per heavy atom. The summed E-state index contributed by atoms with van der Waals surface area (Å²) in [6, 6.07) is 4.48. The van der Waals surface area contributed by atoms with Gasteiger partial charge in [0.1, 0.15) is 0 Å². The van der Waals surface area contributed by atoms with E-state index in [-0.39, 0.29) is 17.4 Å². The Hall–Kier alpha value is -0.440. The van der Waals surface area contributed by atoms with Crippen LogP contribution in [0.4, 0.5) is 0 Å². The first-order valence-electron chi connectivity index (χ1n) is 5.91. The fourth-order valence-electron chi connectivity index (χ4n) is 1.64. The minimum absolute atomic E-state index is 0.0358. The number of hydrogen-bond donors (Lipinski definition) is 2. The predicted molar refractivity (Wildman–Crippen MR) is 83.1 cm³/mol. The molecule has 0 fully saturated rings. The molecule has 1 rings (SSSR count). The van der Waals surface area contributed by atoms with Crippen molar-refractivity contribution in [2.45, 2.75) is 37.1 Å². The SMILES string of the molecule is CC(CCCC(=O)O)NS(=O)(=O)c1ccc(Br)cc1Br. The predicted octanol–water partition coefficient (Wildman–Crippen LogP) is 3.13. The molecule has 0 saturated carbocycles. The van der Waals surface area contributed by atoms with Gasteiger partial charge in [-0.25, -0.2) is 13.1 Å². The summed E-state index contributed by atoms with van der Waals surface area (Å²) in [6.07, 6.45) is 0.939. The molecule has 0 aromatic heterocycles. The number of sulfonamides is 1. The number of rotatable bonds is 7. The summed E-state index contributed by atoms with van der Waals surface area (Å²) in [5, 5.41) is 8.55. The van der Waals surface area contributed by atoms with Crippen LogP contribution in [0.25, 0.3) is 0 Å². The maximum atomic E-state index is 12.2. The van der Waals surface area contributed by atoms with Crippen LogP contribution in [0, 0.1) is 0 Å². The van der Waals surface area contributed by atoms with Crippen molar-refractivity contribution in [1.82, 2.24) is 4.72 Å². The van der Waals surface area contributed by atoms with Gasteiger partial charge in [0.2, 0.25) is 10.0 Å². The van der Waals surface area contributed by atoms with Gasteiger partial charge in [0.15, 0.2) is 0 Å². The average molecular weight is 429 g/mol. The highest BCUT2D eigenvalue weighted by Gasteiger charge is 2.20. The van der Waals surface area contributed by atoms with E-state index >= 15 is 0 Å². The fourth-order valence-corrected chi connectivity index (χ4v) is 4.66. The van der Waals surface area contributed by atoms with E-state index in [4.69, 9.17) is 5.11 Å². The van der Waals surface area contributed by atoms with E-state index in [9.17, 15) is 13.2 Å². The lowest BCUT2D eigenvalue weighted by Gasteiger charge is -2.14. The number of halogens is 2. The summed E-state index contributed by atoms with van der Waals surface area (Å²) in [4.78, 5) is 10.6. The number of aliphatic carboxylic acids is 1. The van der Waals surface area contributed by atoms with Crippen molar-refractivity contribution in [1.29, 1.82) is 0 Å². The van der Waals surface area contributed by atoms with Gasteiger partial charge in [-0.1, -0.05) is 15.9 Å². The standard InChI is InChI=1S/C12H15Br2NO4S/c1-8(3-2-4-12(16)17)15-20(18,19)11-6-5-9(13)7-10(11)14/h5-8,15H,2-4H2,1H3,(H,16,17). The zero-order valence-electron chi connectivity index (χ0n) is 10.8. The van der Waals surface area contributed by atoms with Gasteiger partial charge in [0.25, 0.3) is 0 Å². The summed E-state index contributed by atoms with van der Waals surface area (Å²) in [7, 11) is -3.62. The van der Waals surface area contributed by atoms with E-state index in [0.29, 0.717) is 17.3 Å². The van der Waals surface area contributed by atoms with Gasteiger partial charge in [-0.2, -0.15) is 0 Å². The molecule has 0 spiro atoms. The molecule has 1 aromatic carbocycles. The van der Waals surface area contributed by atoms with Gasteiger partial charge in [0.05, 0.1) is 4.90 Å². The van der Waals surface area contributed by atoms with E-state index in [1.54, 1.807) is 19.1 Å². The Balaban J connectivity index is 2.72. The van der Waals surface area contributed by atoms with Crippen molar-refractivity contribution in [2.75, 3.05) is 0 Å². The number of nitrogens with one attached hydrogen (secondary N) is 1. The zero-order valence-corrected chi connectivity index (χ0v) is 14.8. The van der Waals surface area contributed by atoms with Crippen LogP contribution in [-0.2, 0) is 14.8 Å². The first-order valence-corrected chi connectivity index (χ1v) is 8.98. The largest absolute Gasteiger partial charge is 0.481 e. The van der Waals surface area contributed by atoms with Crippen LogP contribution in [0.2, 0.25) is 0 Å². The van der Waals surface area contributed by atoms with Crippen molar-refractivity contribution in [3.8, 4) is 0 Å². The number of carboxylic acids is 1. The number of carboxylic acid groups (broad SMARTS) is 1. The van der Waals surface area contributed by atoms with Crippen molar-refractivity contribution in [3.63, 3.8) is 0 Å². The van der Waals surface area contributed by atoms with Crippen LogP contribution in [0.3, 0.4) is 0 Å². The monoisotopic (exact) mass is 427 g/mol. The quantitative estimate of drug-likeness (QED) is 0.698. The zero-order chi connectivity index (χ0) is 15.3. The molecule has 2 N–H and O–H groups in total. The Morgan fingerprint density at radius 1 is 1.40 bits per heavy atom. The van der Waals surface area contributed by atoms with E-state index < -0.39 is 16.0 Å². The lowest BCUT2D eigenvalue weighted by molar-refractivity contribution is -0.137. The number of benzene rings is 1. The Kier molecular flexibility index (Phi) is 6.63. The summed E-state index contributed by atoms with van der Waals surface area (Å²) in [5.41, 5.74) is 0. The van der Waals surface area contributed by atoms with Gasteiger partial charge in [0, 0.05) is 21.4 Å². The lowest BCUT2D eigenvalue weighted by Crippen LogP contribution is -2.32. The molecule has 0 amide bonds. The third-order valence-corrected chi connectivity index (χ3v) is 5.63. The smallest absolute Gasteiger partial charge is 0.303 e. The molecule has 0 heterocycles. The average Bonchev–Trinajstić information content (AvgIpc) is 2.26. The summed E-state index contributed by atoms with van der Waals surface area (Å²) in [6.45, 7) is 1.71. The van der Waals surface area contributed by atoms with Crippen LogP contribution >= 0.6 is 31.9 Å². The molecule has 0 aliphatic carbocycles. The third-order valence-electron chi connectivity index (χ3n) is 2.57. The molecule has 20 heavy (non-hydrogen) atoms. The van der Waals surface area contributed by atoms with Gasteiger partial charge in [-0.05, 0) is 53.9 Å². The van der Waals surface area contributed by atoms with E-state index in [1.807, 2.05) is 0 Å². The molecule has 5 nitrogen and oxygen atoms in total. The molecule has 1 aromatic rings. The van der Waals surface area contributed by atoms with Crippen molar-refractivity contribution >= 4 is 47.9 Å². The molecule has 1 unspecified atom stereocenters. The minimum atomic E-state index is -3.62. The van der Waals surface area contributed by atoms with Crippen LogP contribution < -0.4 is 4.72 Å². The Labute approximate surface area is 135 Å². The van der Waals surface area contributed by atoms with Crippen LogP contribution in [0.5, 0.6) is 0 Å². The molecule has 0 bridgehead atoms. The van der Waals surface area contributed by atoms with Crippen molar-refractivity contribution < 1.29 is 18.3 Å². The molecule has 8 heteroatoms. The first kappa shape index (κ1) is 17.6. The van der Waals surface area contributed by atoms with E-state index in [0.717, 1.165) is 4.47 Å². The molecule has 0 aliphatic heterocycles. The van der Waals surface area contributed by atoms with Gasteiger partial charge < -0.3 is 5.11 Å². The van der Waals surface area contributed by atoms with Crippen molar-refractivity contribution in [2.24, 2.45) is 0 Å². The minimum Gasteiger partial charge on any atom is -0.481 e. The topological polar surface area (TPSA) is 83.5 Å². The molecule has 112 valence electrons. The number of hydrogen-bond acceptors (Lipinski definition) is 3.